The third-order valence-electron chi connectivity index (χ3n) is 6.59. The van der Waals surface area contributed by atoms with E-state index in [-0.39, 0.29) is 17.3 Å². The molecule has 0 saturated carbocycles. The second-order valence-electron chi connectivity index (χ2n) is 9.41. The van der Waals surface area contributed by atoms with Crippen LogP contribution in [0.5, 0.6) is 5.75 Å². The maximum Gasteiger partial charge on any atom is 0.283 e. The fourth-order valence-corrected chi connectivity index (χ4v) is 5.64. The highest BCUT2D eigenvalue weighted by Gasteiger charge is 2.36. The highest BCUT2D eigenvalue weighted by molar-refractivity contribution is 8.17. The molecule has 188 valence electrons. The summed E-state index contributed by atoms with van der Waals surface area (Å²) >= 11 is 1.37. The number of hydrogen-bond donors (Lipinski definition) is 1. The van der Waals surface area contributed by atoms with Gasteiger partial charge in [0.25, 0.3) is 5.91 Å². The molecule has 1 N–H and O–H groups in total. The van der Waals surface area contributed by atoms with E-state index in [1.807, 2.05) is 78.2 Å². The van der Waals surface area contributed by atoms with Crippen LogP contribution in [0, 0.1) is 11.3 Å². The van der Waals surface area contributed by atoms with Gasteiger partial charge in [-0.15, -0.1) is 0 Å². The minimum atomic E-state index is -0.391. The number of carbonyl (C=O) groups excluding carboxylic acids is 1. The number of amidine groups is 2. The van der Waals surface area contributed by atoms with Gasteiger partial charge >= 0.3 is 0 Å². The SMILES string of the molecule is CC(COc1ccccc1)Cn1cc(/C=C2/C(=N)N3C(c4ccccc4)=CSC3=NC2=O)c2ccccc21. The van der Waals surface area contributed by atoms with Crippen LogP contribution in [0.3, 0.4) is 0 Å². The van der Waals surface area contributed by atoms with Crippen molar-refractivity contribution in [1.29, 1.82) is 5.41 Å². The minimum Gasteiger partial charge on any atom is -0.493 e. The van der Waals surface area contributed by atoms with Crippen molar-refractivity contribution in [3.63, 3.8) is 0 Å². The first-order valence-electron chi connectivity index (χ1n) is 12.5. The average Bonchev–Trinajstić information content (AvgIpc) is 3.52. The number of benzene rings is 3. The molecule has 0 fully saturated rings. The molecule has 6 rings (SSSR count). The number of nitrogens with zero attached hydrogens (tertiary/aromatic N) is 3. The second kappa shape index (κ2) is 10.2. The molecule has 1 aromatic heterocycles. The van der Waals surface area contributed by atoms with Gasteiger partial charge in [-0.2, -0.15) is 4.99 Å². The van der Waals surface area contributed by atoms with E-state index in [2.05, 4.69) is 34.8 Å². The van der Waals surface area contributed by atoms with Crippen molar-refractivity contribution in [1.82, 2.24) is 9.47 Å². The van der Waals surface area contributed by atoms with Gasteiger partial charge in [-0.1, -0.05) is 85.4 Å². The number of nitrogens with one attached hydrogen (secondary N) is 1. The Labute approximate surface area is 225 Å². The van der Waals surface area contributed by atoms with Crippen molar-refractivity contribution in [3.8, 4) is 5.75 Å². The first-order valence-corrected chi connectivity index (χ1v) is 13.4. The fourth-order valence-electron chi connectivity index (χ4n) is 4.75. The highest BCUT2D eigenvalue weighted by atomic mass is 32.2. The van der Waals surface area contributed by atoms with E-state index in [4.69, 9.17) is 10.1 Å². The van der Waals surface area contributed by atoms with E-state index in [1.165, 1.54) is 11.8 Å². The van der Waals surface area contributed by atoms with Crippen molar-refractivity contribution in [3.05, 3.63) is 113 Å². The number of ether oxygens (including phenoxy) is 1. The highest BCUT2D eigenvalue weighted by Crippen LogP contribution is 2.37. The van der Waals surface area contributed by atoms with Crippen LogP contribution in [0.25, 0.3) is 22.7 Å². The third-order valence-corrected chi connectivity index (χ3v) is 7.42. The average molecular weight is 519 g/mol. The molecule has 0 radical (unpaired) electrons. The fraction of sp³-hybridized carbons (Fsp3) is 0.129. The van der Waals surface area contributed by atoms with Crippen LogP contribution in [0.15, 0.2) is 107 Å². The van der Waals surface area contributed by atoms with Crippen molar-refractivity contribution >= 4 is 51.3 Å². The smallest absolute Gasteiger partial charge is 0.283 e. The van der Waals surface area contributed by atoms with Gasteiger partial charge in [0.2, 0.25) is 0 Å². The number of fused-ring (bicyclic) bond motifs is 2. The molecule has 0 spiro atoms. The zero-order valence-corrected chi connectivity index (χ0v) is 21.7. The lowest BCUT2D eigenvalue weighted by molar-refractivity contribution is -0.114. The van der Waals surface area contributed by atoms with Crippen LogP contribution < -0.4 is 4.74 Å². The molecule has 0 bridgehead atoms. The van der Waals surface area contributed by atoms with Gasteiger partial charge in [0.15, 0.2) is 5.17 Å². The van der Waals surface area contributed by atoms with E-state index in [0.29, 0.717) is 11.8 Å². The van der Waals surface area contributed by atoms with Crippen LogP contribution in [0.4, 0.5) is 0 Å². The second-order valence-corrected chi connectivity index (χ2v) is 10.2. The summed E-state index contributed by atoms with van der Waals surface area (Å²) in [5.41, 5.74) is 4.08. The topological polar surface area (TPSA) is 70.7 Å². The largest absolute Gasteiger partial charge is 0.493 e. The third kappa shape index (κ3) is 4.57. The predicted molar refractivity (Wildman–Crippen MR) is 155 cm³/mol. The molecule has 7 heteroatoms. The van der Waals surface area contributed by atoms with Gasteiger partial charge in [-0.3, -0.25) is 15.1 Å². The van der Waals surface area contributed by atoms with Crippen molar-refractivity contribution in [2.24, 2.45) is 10.9 Å². The molecular weight excluding hydrogens is 492 g/mol. The van der Waals surface area contributed by atoms with Gasteiger partial charge in [0.05, 0.1) is 17.9 Å². The van der Waals surface area contributed by atoms with E-state index in [9.17, 15) is 4.79 Å². The lowest BCUT2D eigenvalue weighted by Crippen LogP contribution is -2.38. The molecule has 0 saturated heterocycles. The summed E-state index contributed by atoms with van der Waals surface area (Å²) in [6.07, 6.45) is 3.86. The van der Waals surface area contributed by atoms with Crippen molar-refractivity contribution in [2.45, 2.75) is 13.5 Å². The molecule has 3 heterocycles. The van der Waals surface area contributed by atoms with Gasteiger partial charge in [-0.25, -0.2) is 0 Å². The number of aromatic nitrogens is 1. The molecule has 1 amide bonds. The van der Waals surface area contributed by atoms with Gasteiger partial charge in [-0.05, 0) is 29.8 Å². The number of amides is 1. The number of thioether (sulfide) groups is 1. The molecule has 6 nitrogen and oxygen atoms in total. The minimum absolute atomic E-state index is 0.140. The Morgan fingerprint density at radius 1 is 1.00 bits per heavy atom. The molecular formula is C31H26N4O2S. The maximum absolute atomic E-state index is 13.1. The summed E-state index contributed by atoms with van der Waals surface area (Å²) < 4.78 is 8.17. The lowest BCUT2D eigenvalue weighted by Gasteiger charge is -2.26. The first kappa shape index (κ1) is 24.0. The summed E-state index contributed by atoms with van der Waals surface area (Å²) in [6.45, 7) is 3.51. The summed E-state index contributed by atoms with van der Waals surface area (Å²) in [5, 5.41) is 12.5. The molecule has 1 atom stereocenters. The van der Waals surface area contributed by atoms with Crippen LogP contribution in [-0.2, 0) is 11.3 Å². The Morgan fingerprint density at radius 3 is 2.50 bits per heavy atom. The Balaban J connectivity index is 1.29. The molecule has 0 aliphatic carbocycles. The van der Waals surface area contributed by atoms with E-state index in [1.54, 1.807) is 11.0 Å². The summed E-state index contributed by atoms with van der Waals surface area (Å²) in [4.78, 5) is 19.1. The van der Waals surface area contributed by atoms with Gasteiger partial charge < -0.3 is 9.30 Å². The lowest BCUT2D eigenvalue weighted by atomic mass is 10.1. The predicted octanol–water partition coefficient (Wildman–Crippen LogP) is 6.66. The van der Waals surface area contributed by atoms with Crippen molar-refractivity contribution in [2.75, 3.05) is 6.61 Å². The first-order chi connectivity index (χ1) is 18.6. The molecule has 38 heavy (non-hydrogen) atoms. The number of hydrogen-bond acceptors (Lipinski definition) is 4. The van der Waals surface area contributed by atoms with Crippen LogP contribution in [0.1, 0.15) is 18.1 Å². The Kier molecular flexibility index (Phi) is 6.43. The molecule has 1 unspecified atom stereocenters. The van der Waals surface area contributed by atoms with Crippen LogP contribution >= 0.6 is 11.8 Å². The quantitative estimate of drug-likeness (QED) is 0.278. The number of aliphatic imine (C=N–C) groups is 1. The van der Waals surface area contributed by atoms with E-state index in [0.717, 1.165) is 40.0 Å². The van der Waals surface area contributed by atoms with Gasteiger partial charge in [0, 0.05) is 40.5 Å². The van der Waals surface area contributed by atoms with E-state index >= 15 is 0 Å². The van der Waals surface area contributed by atoms with Crippen LogP contribution in [-0.4, -0.2) is 33.0 Å². The zero-order valence-electron chi connectivity index (χ0n) is 20.9. The van der Waals surface area contributed by atoms with E-state index < -0.39 is 5.91 Å². The van der Waals surface area contributed by atoms with Crippen LogP contribution in [0.2, 0.25) is 0 Å². The van der Waals surface area contributed by atoms with Crippen molar-refractivity contribution < 1.29 is 9.53 Å². The Bertz CT molecular complexity index is 1620. The normalized spacial score (nSPS) is 17.0. The summed E-state index contributed by atoms with van der Waals surface area (Å²) in [5.74, 6) is 0.869. The number of rotatable bonds is 7. The Hall–Kier alpha value is -4.36. The summed E-state index contributed by atoms with van der Waals surface area (Å²) in [6, 6.07) is 27.9. The summed E-state index contributed by atoms with van der Waals surface area (Å²) in [7, 11) is 0. The molecule has 2 aliphatic rings. The molecule has 2 aliphatic heterocycles. The number of carbonyl (C=O) groups is 1. The monoisotopic (exact) mass is 518 g/mol. The maximum atomic E-state index is 13.1. The Morgan fingerprint density at radius 2 is 1.71 bits per heavy atom. The zero-order chi connectivity index (χ0) is 26.1. The standard InChI is InChI=1S/C31H26N4O2S/c1-21(19-37-24-12-6-3-7-13-24)17-34-18-23(25-14-8-9-15-27(25)34)16-26-29(32)35-28(22-10-4-2-5-11-22)20-38-31(35)33-30(26)36/h2-16,18,20-21,32H,17,19H2,1H3/b26-16-,32-29?. The molecule has 4 aromatic rings. The number of para-hydroxylation sites is 2. The van der Waals surface area contributed by atoms with Gasteiger partial charge in [0.1, 0.15) is 11.6 Å². The molecule has 3 aromatic carbocycles.